The quantitative estimate of drug-likeness (QED) is 0.707. The number of amides is 1. The number of aryl methyl sites for hydroxylation is 2. The number of ether oxygens (including phenoxy) is 1. The smallest absolute Gasteiger partial charge is 0.248 e. The van der Waals surface area contributed by atoms with Gasteiger partial charge in [-0.2, -0.15) is 0 Å². The van der Waals surface area contributed by atoms with Crippen LogP contribution in [0.25, 0.3) is 0 Å². The monoisotopic (exact) mass is 445 g/mol. The van der Waals surface area contributed by atoms with E-state index in [1.165, 1.54) is 4.31 Å². The van der Waals surface area contributed by atoms with Gasteiger partial charge in [-0.15, -0.1) is 0 Å². The van der Waals surface area contributed by atoms with Crippen molar-refractivity contribution < 1.29 is 17.9 Å². The van der Waals surface area contributed by atoms with Crippen molar-refractivity contribution in [3.05, 3.63) is 53.6 Å². The van der Waals surface area contributed by atoms with Crippen molar-refractivity contribution >= 4 is 33.0 Å². The number of benzene rings is 2. The van der Waals surface area contributed by atoms with Crippen molar-refractivity contribution in [1.82, 2.24) is 0 Å². The van der Waals surface area contributed by atoms with Gasteiger partial charge in [-0.3, -0.25) is 9.10 Å². The molecular formula is C23H31N3O4S. The van der Waals surface area contributed by atoms with Crippen LogP contribution in [0.4, 0.5) is 17.1 Å². The molecule has 0 radical (unpaired) electrons. The van der Waals surface area contributed by atoms with E-state index >= 15 is 0 Å². The van der Waals surface area contributed by atoms with Gasteiger partial charge in [0.25, 0.3) is 0 Å². The maximum atomic E-state index is 13.1. The van der Waals surface area contributed by atoms with E-state index in [2.05, 4.69) is 10.2 Å². The van der Waals surface area contributed by atoms with Gasteiger partial charge in [0, 0.05) is 24.5 Å². The van der Waals surface area contributed by atoms with Gasteiger partial charge in [0.2, 0.25) is 15.9 Å². The summed E-state index contributed by atoms with van der Waals surface area (Å²) in [5, 5.41) is 2.88. The number of nitrogens with one attached hydrogen (secondary N) is 1. The minimum atomic E-state index is -3.66. The number of anilines is 3. The summed E-state index contributed by atoms with van der Waals surface area (Å²) in [5.74, 6) is -0.356. The fourth-order valence-electron chi connectivity index (χ4n) is 3.73. The predicted octanol–water partition coefficient (Wildman–Crippen LogP) is 3.32. The molecule has 0 aromatic heterocycles. The molecule has 1 heterocycles. The van der Waals surface area contributed by atoms with Gasteiger partial charge in [-0.25, -0.2) is 8.42 Å². The van der Waals surface area contributed by atoms with Crippen molar-refractivity contribution in [1.29, 1.82) is 0 Å². The highest BCUT2D eigenvalue weighted by Gasteiger charge is 2.31. The number of sulfonamides is 1. The molecule has 1 aliphatic heterocycles. The molecule has 1 fully saturated rings. The Labute approximate surface area is 185 Å². The summed E-state index contributed by atoms with van der Waals surface area (Å²) >= 11 is 0. The summed E-state index contributed by atoms with van der Waals surface area (Å²) in [7, 11) is -3.66. The standard InChI is InChI=1S/C23H31N3O4S/c1-5-22(26(31(4,28)29)21-9-6-17(2)18(3)16-21)23(27)24-19-7-10-20(11-8-19)25-12-14-30-15-13-25/h6-11,16,22H,5,12-15H2,1-4H3,(H,24,27). The Morgan fingerprint density at radius 1 is 1.10 bits per heavy atom. The molecule has 1 saturated heterocycles. The van der Waals surface area contributed by atoms with Gasteiger partial charge in [0.05, 0.1) is 25.2 Å². The summed E-state index contributed by atoms with van der Waals surface area (Å²) in [6, 6.07) is 12.2. The zero-order chi connectivity index (χ0) is 22.6. The van der Waals surface area contributed by atoms with Crippen LogP contribution in [0.3, 0.4) is 0 Å². The van der Waals surface area contributed by atoms with Crippen molar-refractivity contribution in [3.63, 3.8) is 0 Å². The molecule has 1 aliphatic rings. The minimum absolute atomic E-state index is 0.345. The fourth-order valence-corrected chi connectivity index (χ4v) is 4.93. The zero-order valence-electron chi connectivity index (χ0n) is 18.6. The molecule has 1 unspecified atom stereocenters. The third kappa shape index (κ3) is 5.57. The highest BCUT2D eigenvalue weighted by Crippen LogP contribution is 2.26. The van der Waals surface area contributed by atoms with Crippen LogP contribution < -0.4 is 14.5 Å². The largest absolute Gasteiger partial charge is 0.378 e. The molecular weight excluding hydrogens is 414 g/mol. The SMILES string of the molecule is CCC(C(=O)Nc1ccc(N2CCOCC2)cc1)N(c1ccc(C)c(C)c1)S(C)(=O)=O. The molecule has 0 spiro atoms. The lowest BCUT2D eigenvalue weighted by Gasteiger charge is -2.31. The third-order valence-corrected chi connectivity index (χ3v) is 6.77. The summed E-state index contributed by atoms with van der Waals surface area (Å²) in [4.78, 5) is 15.3. The van der Waals surface area contributed by atoms with Crippen LogP contribution in [-0.4, -0.2) is 52.9 Å². The summed E-state index contributed by atoms with van der Waals surface area (Å²) < 4.78 is 31.9. The lowest BCUT2D eigenvalue weighted by atomic mass is 10.1. The topological polar surface area (TPSA) is 79.0 Å². The van der Waals surface area contributed by atoms with Gasteiger partial charge >= 0.3 is 0 Å². The second-order valence-electron chi connectivity index (χ2n) is 7.89. The molecule has 2 aromatic carbocycles. The van der Waals surface area contributed by atoms with Crippen LogP contribution in [0, 0.1) is 13.8 Å². The lowest BCUT2D eigenvalue weighted by molar-refractivity contribution is -0.117. The van der Waals surface area contributed by atoms with Crippen LogP contribution in [0.5, 0.6) is 0 Å². The van der Waals surface area contributed by atoms with Crippen molar-refractivity contribution in [2.24, 2.45) is 0 Å². The molecule has 1 atom stereocenters. The predicted molar refractivity (Wildman–Crippen MR) is 125 cm³/mol. The second-order valence-corrected chi connectivity index (χ2v) is 9.75. The van der Waals surface area contributed by atoms with Crippen molar-refractivity contribution in [2.75, 3.05) is 47.1 Å². The van der Waals surface area contributed by atoms with Crippen LogP contribution in [0.15, 0.2) is 42.5 Å². The maximum Gasteiger partial charge on any atom is 0.248 e. The molecule has 31 heavy (non-hydrogen) atoms. The van der Waals surface area contributed by atoms with E-state index in [1.54, 1.807) is 6.07 Å². The molecule has 1 N–H and O–H groups in total. The van der Waals surface area contributed by atoms with E-state index in [-0.39, 0.29) is 5.91 Å². The molecule has 1 amide bonds. The molecule has 2 aromatic rings. The maximum absolute atomic E-state index is 13.1. The van der Waals surface area contributed by atoms with Crippen LogP contribution in [0.1, 0.15) is 24.5 Å². The summed E-state index contributed by atoms with van der Waals surface area (Å²) in [5.41, 5.74) is 4.24. The fraction of sp³-hybridized carbons (Fsp3) is 0.435. The molecule has 0 saturated carbocycles. The van der Waals surface area contributed by atoms with E-state index in [1.807, 2.05) is 57.2 Å². The first-order valence-corrected chi connectivity index (χ1v) is 12.4. The average Bonchev–Trinajstić information content (AvgIpc) is 2.74. The Bertz CT molecular complexity index is 1020. The molecule has 7 nitrogen and oxygen atoms in total. The first-order chi connectivity index (χ1) is 14.7. The first-order valence-electron chi connectivity index (χ1n) is 10.5. The van der Waals surface area contributed by atoms with Crippen molar-refractivity contribution in [2.45, 2.75) is 33.2 Å². The number of carbonyl (C=O) groups excluding carboxylic acids is 1. The van der Waals surface area contributed by atoms with Gasteiger partial charge < -0.3 is 15.0 Å². The van der Waals surface area contributed by atoms with Crippen LogP contribution in [-0.2, 0) is 19.6 Å². The first kappa shape index (κ1) is 23.1. The van der Waals surface area contributed by atoms with E-state index in [9.17, 15) is 13.2 Å². The van der Waals surface area contributed by atoms with Gasteiger partial charge in [-0.05, 0) is 67.8 Å². The third-order valence-electron chi connectivity index (χ3n) is 5.59. The van der Waals surface area contributed by atoms with Crippen LogP contribution >= 0.6 is 0 Å². The molecule has 8 heteroatoms. The summed E-state index contributed by atoms with van der Waals surface area (Å²) in [6.45, 7) is 8.79. The molecule has 168 valence electrons. The number of morpholine rings is 1. The second kappa shape index (κ2) is 9.70. The van der Waals surface area contributed by atoms with E-state index in [0.29, 0.717) is 31.0 Å². The van der Waals surface area contributed by atoms with Gasteiger partial charge in [0.1, 0.15) is 6.04 Å². The average molecular weight is 446 g/mol. The highest BCUT2D eigenvalue weighted by molar-refractivity contribution is 7.92. The Hall–Kier alpha value is -2.58. The van der Waals surface area contributed by atoms with Crippen molar-refractivity contribution in [3.8, 4) is 0 Å². The Morgan fingerprint density at radius 3 is 2.29 bits per heavy atom. The van der Waals surface area contributed by atoms with Crippen LogP contribution in [0.2, 0.25) is 0 Å². The number of carbonyl (C=O) groups is 1. The Balaban J connectivity index is 1.80. The van der Waals surface area contributed by atoms with E-state index in [0.717, 1.165) is 36.2 Å². The molecule has 0 aliphatic carbocycles. The van der Waals surface area contributed by atoms with E-state index < -0.39 is 16.1 Å². The zero-order valence-corrected chi connectivity index (χ0v) is 19.4. The molecule has 0 bridgehead atoms. The normalized spacial score (nSPS) is 15.4. The van der Waals surface area contributed by atoms with E-state index in [4.69, 9.17) is 4.74 Å². The number of nitrogens with zero attached hydrogens (tertiary/aromatic N) is 2. The van der Waals surface area contributed by atoms with Gasteiger partial charge in [0.15, 0.2) is 0 Å². The lowest BCUT2D eigenvalue weighted by Crippen LogP contribution is -2.47. The number of rotatable bonds is 7. The summed E-state index contributed by atoms with van der Waals surface area (Å²) in [6.07, 6.45) is 1.48. The molecule has 3 rings (SSSR count). The van der Waals surface area contributed by atoms with Gasteiger partial charge in [-0.1, -0.05) is 13.0 Å². The Kier molecular flexibility index (Phi) is 7.23. The minimum Gasteiger partial charge on any atom is -0.378 e. The number of hydrogen-bond donors (Lipinski definition) is 1. The highest BCUT2D eigenvalue weighted by atomic mass is 32.2. The number of hydrogen-bond acceptors (Lipinski definition) is 5. The Morgan fingerprint density at radius 2 is 1.74 bits per heavy atom.